The molecule has 0 radical (unpaired) electrons. The zero-order valence-corrected chi connectivity index (χ0v) is 13.2. The van der Waals surface area contributed by atoms with E-state index in [2.05, 4.69) is 10.0 Å². The fourth-order valence-electron chi connectivity index (χ4n) is 2.19. The highest BCUT2D eigenvalue weighted by atomic mass is 35.5. The Bertz CT molecular complexity index is 651. The molecule has 0 aliphatic carbocycles. The molecule has 2 rings (SSSR count). The number of hydrogen-bond acceptors (Lipinski definition) is 4. The number of rotatable bonds is 4. The highest BCUT2D eigenvalue weighted by molar-refractivity contribution is 7.89. The second kappa shape index (κ2) is 6.50. The van der Waals surface area contributed by atoms with Crippen LogP contribution in [0.15, 0.2) is 23.1 Å². The van der Waals surface area contributed by atoms with Crippen molar-refractivity contribution < 1.29 is 18.3 Å². The normalized spacial score (nSPS) is 23.0. The fourth-order valence-corrected chi connectivity index (χ4v) is 4.20. The van der Waals surface area contributed by atoms with Gasteiger partial charge in [-0.2, -0.15) is 0 Å². The Hall–Kier alpha value is -0.860. The third-order valence-corrected chi connectivity index (χ3v) is 5.44. The zero-order valence-electron chi connectivity index (χ0n) is 10.8. The Morgan fingerprint density at radius 1 is 1.33 bits per heavy atom. The van der Waals surface area contributed by atoms with Crippen LogP contribution < -0.4 is 10.0 Å². The lowest BCUT2D eigenvalue weighted by atomic mass is 9.97. The highest BCUT2D eigenvalue weighted by Crippen LogP contribution is 2.25. The lowest BCUT2D eigenvalue weighted by molar-refractivity contribution is -0.142. The molecule has 116 valence electrons. The molecule has 1 saturated heterocycles. The summed E-state index contributed by atoms with van der Waals surface area (Å²) in [5, 5.41) is 12.2. The van der Waals surface area contributed by atoms with Gasteiger partial charge in [-0.3, -0.25) is 4.79 Å². The predicted molar refractivity (Wildman–Crippen MR) is 79.2 cm³/mol. The lowest BCUT2D eigenvalue weighted by Crippen LogP contribution is -2.50. The minimum atomic E-state index is -3.86. The molecular formula is C12H14Cl2N2O4S. The summed E-state index contributed by atoms with van der Waals surface area (Å²) in [4.78, 5) is 10.9. The monoisotopic (exact) mass is 352 g/mol. The van der Waals surface area contributed by atoms with Crippen LogP contribution in [0.3, 0.4) is 0 Å². The summed E-state index contributed by atoms with van der Waals surface area (Å²) < 4.78 is 27.1. The number of aliphatic carboxylic acids is 1. The molecule has 9 heteroatoms. The minimum absolute atomic E-state index is 0.0606. The first kappa shape index (κ1) is 16.5. The number of piperidine rings is 1. The van der Waals surface area contributed by atoms with Crippen LogP contribution in [0.25, 0.3) is 0 Å². The summed E-state index contributed by atoms with van der Waals surface area (Å²) in [6.07, 6.45) is 0.222. The molecule has 0 aromatic heterocycles. The van der Waals surface area contributed by atoms with Crippen molar-refractivity contribution in [1.29, 1.82) is 0 Å². The van der Waals surface area contributed by atoms with E-state index in [-0.39, 0.29) is 21.4 Å². The van der Waals surface area contributed by atoms with E-state index in [0.717, 1.165) is 0 Å². The molecule has 1 aliphatic heterocycles. The Kier molecular flexibility index (Phi) is 5.11. The molecule has 1 fully saturated rings. The average molecular weight is 353 g/mol. The van der Waals surface area contributed by atoms with Crippen molar-refractivity contribution in [3.63, 3.8) is 0 Å². The van der Waals surface area contributed by atoms with Gasteiger partial charge in [0, 0.05) is 24.2 Å². The van der Waals surface area contributed by atoms with E-state index in [1.54, 1.807) is 0 Å². The summed E-state index contributed by atoms with van der Waals surface area (Å²) in [6, 6.07) is 3.64. The molecule has 1 aromatic rings. The maximum Gasteiger partial charge on any atom is 0.307 e. The van der Waals surface area contributed by atoms with Crippen molar-refractivity contribution in [3.05, 3.63) is 28.2 Å². The number of halogens is 2. The second-order valence-electron chi connectivity index (χ2n) is 4.82. The van der Waals surface area contributed by atoms with E-state index in [9.17, 15) is 13.2 Å². The van der Waals surface area contributed by atoms with Crippen LogP contribution in [0.4, 0.5) is 0 Å². The van der Waals surface area contributed by atoms with Gasteiger partial charge in [0.2, 0.25) is 10.0 Å². The average Bonchev–Trinajstić information content (AvgIpc) is 2.41. The molecule has 3 N–H and O–H groups in total. The highest BCUT2D eigenvalue weighted by Gasteiger charge is 2.30. The third kappa shape index (κ3) is 4.08. The third-order valence-electron chi connectivity index (χ3n) is 3.20. The quantitative estimate of drug-likeness (QED) is 0.759. The van der Waals surface area contributed by atoms with Gasteiger partial charge in [0.25, 0.3) is 0 Å². The van der Waals surface area contributed by atoms with E-state index >= 15 is 0 Å². The predicted octanol–water partition coefficient (Wildman–Crippen LogP) is 1.33. The maximum absolute atomic E-state index is 12.3. The summed E-state index contributed by atoms with van der Waals surface area (Å²) in [6.45, 7) is 0.687. The fraction of sp³-hybridized carbons (Fsp3) is 0.417. The van der Waals surface area contributed by atoms with Gasteiger partial charge >= 0.3 is 5.97 Å². The number of hydrogen-bond donors (Lipinski definition) is 3. The van der Waals surface area contributed by atoms with Gasteiger partial charge in [-0.15, -0.1) is 0 Å². The Labute approximate surface area is 132 Å². The van der Waals surface area contributed by atoms with Crippen molar-refractivity contribution in [2.45, 2.75) is 17.4 Å². The molecule has 0 amide bonds. The van der Waals surface area contributed by atoms with Gasteiger partial charge in [-0.05, 0) is 24.6 Å². The molecule has 0 unspecified atom stereocenters. The van der Waals surface area contributed by atoms with Crippen molar-refractivity contribution in [3.8, 4) is 0 Å². The molecule has 0 bridgehead atoms. The smallest absolute Gasteiger partial charge is 0.307 e. The molecule has 0 spiro atoms. The van der Waals surface area contributed by atoms with Crippen LogP contribution in [-0.4, -0.2) is 38.6 Å². The van der Waals surface area contributed by atoms with Crippen molar-refractivity contribution >= 4 is 39.2 Å². The van der Waals surface area contributed by atoms with Crippen LogP contribution in [0.2, 0.25) is 10.0 Å². The van der Waals surface area contributed by atoms with Gasteiger partial charge in [0.05, 0.1) is 10.9 Å². The van der Waals surface area contributed by atoms with E-state index in [0.29, 0.717) is 13.1 Å². The van der Waals surface area contributed by atoms with Crippen LogP contribution >= 0.6 is 23.2 Å². The zero-order chi connectivity index (χ0) is 15.6. The maximum atomic E-state index is 12.3. The standard InChI is InChI=1S/C12H14Cl2N2O4S/c13-8-1-2-10(14)11(4-8)21(19,20)16-9-3-7(12(17)18)5-15-6-9/h1-2,4,7,9,15-16H,3,5-6H2,(H,17,18)/t7-,9+/m0/s1. The molecule has 2 atom stereocenters. The molecule has 1 aromatic carbocycles. The first-order chi connectivity index (χ1) is 9.79. The minimum Gasteiger partial charge on any atom is -0.481 e. The summed E-state index contributed by atoms with van der Waals surface area (Å²) in [5.74, 6) is -1.58. The first-order valence-electron chi connectivity index (χ1n) is 6.20. The van der Waals surface area contributed by atoms with Gasteiger partial charge in [-0.1, -0.05) is 23.2 Å². The van der Waals surface area contributed by atoms with Crippen LogP contribution in [0, 0.1) is 5.92 Å². The molecule has 1 heterocycles. The van der Waals surface area contributed by atoms with Crippen LogP contribution in [-0.2, 0) is 14.8 Å². The summed E-state index contributed by atoms with van der Waals surface area (Å²) in [5.41, 5.74) is 0. The molecule has 0 saturated carbocycles. The SMILES string of the molecule is O=C(O)[C@@H]1CNC[C@H](NS(=O)(=O)c2cc(Cl)ccc2Cl)C1. The van der Waals surface area contributed by atoms with E-state index in [4.69, 9.17) is 28.3 Å². The van der Waals surface area contributed by atoms with E-state index in [1.807, 2.05) is 0 Å². The summed E-state index contributed by atoms with van der Waals surface area (Å²) >= 11 is 11.7. The number of sulfonamides is 1. The van der Waals surface area contributed by atoms with Gasteiger partial charge in [-0.25, -0.2) is 13.1 Å². The Morgan fingerprint density at radius 3 is 2.71 bits per heavy atom. The number of nitrogens with one attached hydrogen (secondary N) is 2. The topological polar surface area (TPSA) is 95.5 Å². The number of carboxylic acids is 1. The molecule has 21 heavy (non-hydrogen) atoms. The summed E-state index contributed by atoms with van der Waals surface area (Å²) in [7, 11) is -3.86. The Morgan fingerprint density at radius 2 is 2.05 bits per heavy atom. The van der Waals surface area contributed by atoms with Crippen molar-refractivity contribution in [1.82, 2.24) is 10.0 Å². The molecule has 1 aliphatic rings. The van der Waals surface area contributed by atoms with Crippen LogP contribution in [0.5, 0.6) is 0 Å². The van der Waals surface area contributed by atoms with Gasteiger partial charge in [0.15, 0.2) is 0 Å². The number of carboxylic acid groups (broad SMARTS) is 1. The van der Waals surface area contributed by atoms with Crippen molar-refractivity contribution in [2.75, 3.05) is 13.1 Å². The van der Waals surface area contributed by atoms with Crippen molar-refractivity contribution in [2.24, 2.45) is 5.92 Å². The van der Waals surface area contributed by atoms with E-state index in [1.165, 1.54) is 18.2 Å². The largest absolute Gasteiger partial charge is 0.481 e. The molecule has 6 nitrogen and oxygen atoms in total. The lowest BCUT2D eigenvalue weighted by Gasteiger charge is -2.28. The number of benzene rings is 1. The van der Waals surface area contributed by atoms with Crippen LogP contribution in [0.1, 0.15) is 6.42 Å². The first-order valence-corrected chi connectivity index (χ1v) is 8.44. The second-order valence-corrected chi connectivity index (χ2v) is 7.35. The van der Waals surface area contributed by atoms with Gasteiger partial charge in [0.1, 0.15) is 4.90 Å². The van der Waals surface area contributed by atoms with Gasteiger partial charge < -0.3 is 10.4 Å². The van der Waals surface area contributed by atoms with E-state index < -0.39 is 28.0 Å². The molecular weight excluding hydrogens is 339 g/mol. The number of carbonyl (C=O) groups is 1. The Balaban J connectivity index is 2.17.